The summed E-state index contributed by atoms with van der Waals surface area (Å²) in [6, 6.07) is 5.95. The Balaban J connectivity index is 2.21. The maximum absolute atomic E-state index is 14.1. The number of benzene rings is 1. The van der Waals surface area contributed by atoms with Gasteiger partial charge in [-0.15, -0.1) is 0 Å². The topological polar surface area (TPSA) is 15.3 Å². The molecule has 0 saturated carbocycles. The van der Waals surface area contributed by atoms with Gasteiger partial charge in [-0.3, -0.25) is 0 Å². The Morgan fingerprint density at radius 2 is 2.16 bits per heavy atom. The van der Waals surface area contributed by atoms with Gasteiger partial charge in [0.2, 0.25) is 0 Å². The SMILES string of the molecule is CCCNCc1c(F)cccc1N1CC(C)CC1C. The van der Waals surface area contributed by atoms with Crippen molar-refractivity contribution in [2.45, 2.75) is 46.2 Å². The third kappa shape index (κ3) is 3.27. The molecule has 0 aliphatic carbocycles. The van der Waals surface area contributed by atoms with Gasteiger partial charge in [0.15, 0.2) is 0 Å². The van der Waals surface area contributed by atoms with Crippen molar-refractivity contribution in [3.05, 3.63) is 29.6 Å². The summed E-state index contributed by atoms with van der Waals surface area (Å²) in [6.07, 6.45) is 2.26. The van der Waals surface area contributed by atoms with E-state index in [1.54, 1.807) is 6.07 Å². The van der Waals surface area contributed by atoms with Crippen LogP contribution in [-0.2, 0) is 6.54 Å². The fourth-order valence-corrected chi connectivity index (χ4v) is 3.02. The van der Waals surface area contributed by atoms with E-state index in [1.165, 1.54) is 6.42 Å². The highest BCUT2D eigenvalue weighted by molar-refractivity contribution is 5.55. The first kappa shape index (κ1) is 14.3. The summed E-state index contributed by atoms with van der Waals surface area (Å²) in [5.74, 6) is 0.600. The summed E-state index contributed by atoms with van der Waals surface area (Å²) < 4.78 is 14.1. The fourth-order valence-electron chi connectivity index (χ4n) is 3.02. The van der Waals surface area contributed by atoms with Crippen molar-refractivity contribution in [1.82, 2.24) is 5.32 Å². The molecule has 1 saturated heterocycles. The number of halogens is 1. The predicted octanol–water partition coefficient (Wildman–Crippen LogP) is 3.56. The third-order valence-electron chi connectivity index (χ3n) is 3.92. The van der Waals surface area contributed by atoms with Gasteiger partial charge in [0.1, 0.15) is 5.82 Å². The van der Waals surface area contributed by atoms with Crippen molar-refractivity contribution in [3.8, 4) is 0 Å². The number of nitrogens with one attached hydrogen (secondary N) is 1. The van der Waals surface area contributed by atoms with E-state index in [9.17, 15) is 4.39 Å². The van der Waals surface area contributed by atoms with Gasteiger partial charge in [0, 0.05) is 30.4 Å². The van der Waals surface area contributed by atoms with Crippen LogP contribution in [-0.4, -0.2) is 19.1 Å². The monoisotopic (exact) mass is 264 g/mol. The van der Waals surface area contributed by atoms with E-state index in [2.05, 4.69) is 37.1 Å². The molecule has 0 amide bonds. The smallest absolute Gasteiger partial charge is 0.129 e. The molecule has 2 nitrogen and oxygen atoms in total. The van der Waals surface area contributed by atoms with Crippen molar-refractivity contribution < 1.29 is 4.39 Å². The van der Waals surface area contributed by atoms with Crippen LogP contribution in [0.4, 0.5) is 10.1 Å². The lowest BCUT2D eigenvalue weighted by molar-refractivity contribution is 0.583. The van der Waals surface area contributed by atoms with Crippen molar-refractivity contribution in [3.63, 3.8) is 0 Å². The molecule has 19 heavy (non-hydrogen) atoms. The summed E-state index contributed by atoms with van der Waals surface area (Å²) in [6.45, 7) is 9.21. The first-order valence-electron chi connectivity index (χ1n) is 7.38. The minimum Gasteiger partial charge on any atom is -0.368 e. The largest absolute Gasteiger partial charge is 0.368 e. The van der Waals surface area contributed by atoms with E-state index in [-0.39, 0.29) is 5.82 Å². The predicted molar refractivity (Wildman–Crippen MR) is 79.0 cm³/mol. The Hall–Kier alpha value is -1.09. The maximum Gasteiger partial charge on any atom is 0.129 e. The lowest BCUT2D eigenvalue weighted by Crippen LogP contribution is -2.29. The summed E-state index contributed by atoms with van der Waals surface area (Å²) in [4.78, 5) is 2.36. The molecule has 2 unspecified atom stereocenters. The second-order valence-corrected chi connectivity index (χ2v) is 5.76. The molecule has 1 fully saturated rings. The van der Waals surface area contributed by atoms with E-state index in [0.29, 0.717) is 18.5 Å². The van der Waals surface area contributed by atoms with Crippen LogP contribution in [0.1, 0.15) is 39.2 Å². The molecule has 2 atom stereocenters. The zero-order chi connectivity index (χ0) is 13.8. The minimum atomic E-state index is -0.0899. The van der Waals surface area contributed by atoms with Gasteiger partial charge in [0.05, 0.1) is 0 Å². The second kappa shape index (κ2) is 6.38. The molecule has 0 aromatic heterocycles. The van der Waals surface area contributed by atoms with Gasteiger partial charge in [-0.2, -0.15) is 0 Å². The highest BCUT2D eigenvalue weighted by Crippen LogP contribution is 2.32. The standard InChI is InChI=1S/C16H25FN2/c1-4-8-18-10-14-15(17)6-5-7-16(14)19-11-12(2)9-13(19)3/h5-7,12-13,18H,4,8-11H2,1-3H3. The molecule has 0 bridgehead atoms. The van der Waals surface area contributed by atoms with E-state index in [1.807, 2.05) is 6.07 Å². The Morgan fingerprint density at radius 1 is 1.37 bits per heavy atom. The molecule has 1 N–H and O–H groups in total. The molecule has 0 spiro atoms. The first-order chi connectivity index (χ1) is 9.13. The summed E-state index contributed by atoms with van der Waals surface area (Å²) in [5.41, 5.74) is 1.89. The number of anilines is 1. The zero-order valence-electron chi connectivity index (χ0n) is 12.2. The Morgan fingerprint density at radius 3 is 2.79 bits per heavy atom. The van der Waals surface area contributed by atoms with Crippen LogP contribution in [0.25, 0.3) is 0 Å². The molecular formula is C16H25FN2. The van der Waals surface area contributed by atoms with Crippen LogP contribution in [0.3, 0.4) is 0 Å². The van der Waals surface area contributed by atoms with Crippen LogP contribution in [0.15, 0.2) is 18.2 Å². The van der Waals surface area contributed by atoms with E-state index < -0.39 is 0 Å². The van der Waals surface area contributed by atoms with Crippen molar-refractivity contribution in [2.24, 2.45) is 5.92 Å². The number of hydrogen-bond acceptors (Lipinski definition) is 2. The van der Waals surface area contributed by atoms with E-state index in [4.69, 9.17) is 0 Å². The molecule has 1 aliphatic rings. The number of hydrogen-bond donors (Lipinski definition) is 1. The Labute approximate surface area is 116 Å². The molecule has 106 valence electrons. The molecule has 0 radical (unpaired) electrons. The van der Waals surface area contributed by atoms with Gasteiger partial charge in [-0.05, 0) is 44.4 Å². The van der Waals surface area contributed by atoms with Crippen molar-refractivity contribution in [2.75, 3.05) is 18.0 Å². The van der Waals surface area contributed by atoms with Gasteiger partial charge in [0.25, 0.3) is 0 Å². The van der Waals surface area contributed by atoms with Crippen LogP contribution >= 0.6 is 0 Å². The molecular weight excluding hydrogens is 239 g/mol. The molecule has 1 aromatic rings. The van der Waals surface area contributed by atoms with Crippen LogP contribution in [0.2, 0.25) is 0 Å². The fraction of sp³-hybridized carbons (Fsp3) is 0.625. The maximum atomic E-state index is 14.1. The highest BCUT2D eigenvalue weighted by atomic mass is 19.1. The van der Waals surface area contributed by atoms with Crippen molar-refractivity contribution in [1.29, 1.82) is 0 Å². The molecule has 3 heteroatoms. The van der Waals surface area contributed by atoms with E-state index >= 15 is 0 Å². The number of nitrogens with zero attached hydrogens (tertiary/aromatic N) is 1. The summed E-state index contributed by atoms with van der Waals surface area (Å²) in [5, 5.41) is 3.32. The van der Waals surface area contributed by atoms with Crippen LogP contribution in [0, 0.1) is 11.7 Å². The molecule has 2 rings (SSSR count). The lowest BCUT2D eigenvalue weighted by atomic mass is 10.1. The average molecular weight is 264 g/mol. The first-order valence-corrected chi connectivity index (χ1v) is 7.38. The second-order valence-electron chi connectivity index (χ2n) is 5.76. The Bertz CT molecular complexity index is 419. The normalized spacial score (nSPS) is 23.1. The van der Waals surface area contributed by atoms with Gasteiger partial charge in [-0.1, -0.05) is 19.9 Å². The zero-order valence-corrected chi connectivity index (χ0v) is 12.2. The molecule has 1 heterocycles. The molecule has 1 aliphatic heterocycles. The Kier molecular flexibility index (Phi) is 4.81. The van der Waals surface area contributed by atoms with Gasteiger partial charge < -0.3 is 10.2 Å². The lowest BCUT2D eigenvalue weighted by Gasteiger charge is -2.27. The van der Waals surface area contributed by atoms with Gasteiger partial charge >= 0.3 is 0 Å². The van der Waals surface area contributed by atoms with Gasteiger partial charge in [-0.25, -0.2) is 4.39 Å². The quantitative estimate of drug-likeness (QED) is 0.818. The molecule has 1 aromatic carbocycles. The van der Waals surface area contributed by atoms with Crippen LogP contribution < -0.4 is 10.2 Å². The summed E-state index contributed by atoms with van der Waals surface area (Å²) >= 11 is 0. The number of rotatable bonds is 5. The highest BCUT2D eigenvalue weighted by Gasteiger charge is 2.28. The third-order valence-corrected chi connectivity index (χ3v) is 3.92. The minimum absolute atomic E-state index is 0.0899. The summed E-state index contributed by atoms with van der Waals surface area (Å²) in [7, 11) is 0. The average Bonchev–Trinajstić information content (AvgIpc) is 2.70. The van der Waals surface area contributed by atoms with Crippen molar-refractivity contribution >= 4 is 5.69 Å². The van der Waals surface area contributed by atoms with E-state index in [0.717, 1.165) is 30.8 Å². The van der Waals surface area contributed by atoms with Crippen LogP contribution in [0.5, 0.6) is 0 Å².